The van der Waals surface area contributed by atoms with Gasteiger partial charge in [0, 0.05) is 16.1 Å². The van der Waals surface area contributed by atoms with Crippen LogP contribution in [0.1, 0.15) is 10.4 Å². The summed E-state index contributed by atoms with van der Waals surface area (Å²) >= 11 is 7.16. The van der Waals surface area contributed by atoms with Crippen molar-refractivity contribution in [2.45, 2.75) is 0 Å². The SMILES string of the molecule is O=C(Nc1nnc(-c2ccc(Cl)cc2)s1)c1ccc2c(c1)OCO2. The minimum Gasteiger partial charge on any atom is -0.454 e. The first-order chi connectivity index (χ1) is 11.7. The van der Waals surface area contributed by atoms with E-state index in [0.29, 0.717) is 32.2 Å². The first kappa shape index (κ1) is 14.9. The van der Waals surface area contributed by atoms with Gasteiger partial charge < -0.3 is 9.47 Å². The van der Waals surface area contributed by atoms with Crippen molar-refractivity contribution in [2.75, 3.05) is 12.1 Å². The fraction of sp³-hybridized carbons (Fsp3) is 0.0625. The Bertz CT molecular complexity index is 911. The number of ether oxygens (including phenoxy) is 2. The van der Waals surface area contributed by atoms with Crippen molar-refractivity contribution in [3.63, 3.8) is 0 Å². The van der Waals surface area contributed by atoms with E-state index in [2.05, 4.69) is 15.5 Å². The molecule has 0 atom stereocenters. The first-order valence-electron chi connectivity index (χ1n) is 6.99. The number of nitrogens with zero attached hydrogens (tertiary/aromatic N) is 2. The monoisotopic (exact) mass is 359 g/mol. The second-order valence-corrected chi connectivity index (χ2v) is 6.36. The van der Waals surface area contributed by atoms with Crippen LogP contribution in [0.3, 0.4) is 0 Å². The summed E-state index contributed by atoms with van der Waals surface area (Å²) in [5.41, 5.74) is 1.35. The molecule has 4 rings (SSSR count). The predicted octanol–water partition coefficient (Wildman–Crippen LogP) is 3.84. The van der Waals surface area contributed by atoms with Gasteiger partial charge in [-0.1, -0.05) is 35.1 Å². The van der Waals surface area contributed by atoms with Gasteiger partial charge in [-0.05, 0) is 30.3 Å². The molecular formula is C16H10ClN3O3S. The fourth-order valence-corrected chi connectivity index (χ4v) is 3.06. The number of aromatic nitrogens is 2. The number of amides is 1. The van der Waals surface area contributed by atoms with Crippen LogP contribution in [0, 0.1) is 0 Å². The van der Waals surface area contributed by atoms with Gasteiger partial charge >= 0.3 is 0 Å². The molecule has 24 heavy (non-hydrogen) atoms. The molecule has 0 unspecified atom stereocenters. The Labute approximate surface area is 146 Å². The molecule has 0 spiro atoms. The van der Waals surface area contributed by atoms with E-state index in [1.54, 1.807) is 30.3 Å². The van der Waals surface area contributed by atoms with Crippen molar-refractivity contribution >= 4 is 34.0 Å². The molecule has 120 valence electrons. The van der Waals surface area contributed by atoms with Crippen molar-refractivity contribution < 1.29 is 14.3 Å². The molecule has 8 heteroatoms. The average Bonchev–Trinajstić information content (AvgIpc) is 3.24. The molecule has 6 nitrogen and oxygen atoms in total. The number of benzene rings is 2. The molecule has 0 saturated carbocycles. The molecule has 0 bridgehead atoms. The average molecular weight is 360 g/mol. The Balaban J connectivity index is 1.51. The zero-order valence-corrected chi connectivity index (χ0v) is 13.7. The van der Waals surface area contributed by atoms with Crippen LogP contribution >= 0.6 is 22.9 Å². The van der Waals surface area contributed by atoms with E-state index in [1.807, 2.05) is 12.1 Å². The quantitative estimate of drug-likeness (QED) is 0.769. The summed E-state index contributed by atoms with van der Waals surface area (Å²) in [6, 6.07) is 12.3. The fourth-order valence-electron chi connectivity index (χ4n) is 2.19. The maximum atomic E-state index is 12.3. The van der Waals surface area contributed by atoms with Gasteiger partial charge in [0.25, 0.3) is 5.91 Å². The Morgan fingerprint density at radius 3 is 2.71 bits per heavy atom. The number of halogens is 1. The number of rotatable bonds is 3. The van der Waals surface area contributed by atoms with E-state index >= 15 is 0 Å². The van der Waals surface area contributed by atoms with E-state index in [0.717, 1.165) is 5.56 Å². The van der Waals surface area contributed by atoms with E-state index < -0.39 is 0 Å². The zero-order chi connectivity index (χ0) is 16.5. The first-order valence-corrected chi connectivity index (χ1v) is 8.19. The number of fused-ring (bicyclic) bond motifs is 1. The minimum atomic E-state index is -0.285. The van der Waals surface area contributed by atoms with Crippen LogP contribution in [0.25, 0.3) is 10.6 Å². The molecule has 0 aliphatic carbocycles. The van der Waals surface area contributed by atoms with Crippen molar-refractivity contribution in [3.8, 4) is 22.1 Å². The highest BCUT2D eigenvalue weighted by molar-refractivity contribution is 7.18. The summed E-state index contributed by atoms with van der Waals surface area (Å²) < 4.78 is 10.5. The molecule has 1 amide bonds. The summed E-state index contributed by atoms with van der Waals surface area (Å²) in [6.07, 6.45) is 0. The van der Waals surface area contributed by atoms with E-state index in [4.69, 9.17) is 21.1 Å². The number of nitrogens with one attached hydrogen (secondary N) is 1. The maximum absolute atomic E-state index is 12.3. The standard InChI is InChI=1S/C16H10ClN3O3S/c17-11-4-1-9(2-5-11)15-19-20-16(24-15)18-14(21)10-3-6-12-13(7-10)23-8-22-12/h1-7H,8H2,(H,18,20,21). The van der Waals surface area contributed by atoms with E-state index in [1.165, 1.54) is 11.3 Å². The second-order valence-electron chi connectivity index (χ2n) is 4.94. The van der Waals surface area contributed by atoms with Crippen LogP contribution in [0.4, 0.5) is 5.13 Å². The van der Waals surface area contributed by atoms with Gasteiger partial charge in [0.15, 0.2) is 11.5 Å². The molecule has 3 aromatic rings. The summed E-state index contributed by atoms with van der Waals surface area (Å²) in [5, 5.41) is 12.6. The van der Waals surface area contributed by atoms with Crippen LogP contribution < -0.4 is 14.8 Å². The summed E-state index contributed by atoms with van der Waals surface area (Å²) in [4.78, 5) is 12.3. The molecular weight excluding hydrogens is 350 g/mol. The lowest BCUT2D eigenvalue weighted by molar-refractivity contribution is 0.102. The van der Waals surface area contributed by atoms with Crippen LogP contribution in [0.15, 0.2) is 42.5 Å². The van der Waals surface area contributed by atoms with Crippen LogP contribution in [0.2, 0.25) is 5.02 Å². The van der Waals surface area contributed by atoms with Gasteiger partial charge in [-0.3, -0.25) is 10.1 Å². The van der Waals surface area contributed by atoms with Gasteiger partial charge in [-0.15, -0.1) is 10.2 Å². The van der Waals surface area contributed by atoms with Crippen molar-refractivity contribution in [2.24, 2.45) is 0 Å². The molecule has 0 radical (unpaired) electrons. The lowest BCUT2D eigenvalue weighted by Crippen LogP contribution is -2.11. The van der Waals surface area contributed by atoms with Crippen molar-refractivity contribution in [1.82, 2.24) is 10.2 Å². The third-order valence-electron chi connectivity index (χ3n) is 3.37. The van der Waals surface area contributed by atoms with Gasteiger partial charge in [-0.25, -0.2) is 0 Å². The topological polar surface area (TPSA) is 73.3 Å². The number of hydrogen-bond donors (Lipinski definition) is 1. The highest BCUT2D eigenvalue weighted by Crippen LogP contribution is 2.33. The van der Waals surface area contributed by atoms with Gasteiger partial charge in [0.2, 0.25) is 11.9 Å². The molecule has 1 aromatic heterocycles. The van der Waals surface area contributed by atoms with E-state index in [-0.39, 0.29) is 12.7 Å². The number of carbonyl (C=O) groups excluding carboxylic acids is 1. The minimum absolute atomic E-state index is 0.168. The third kappa shape index (κ3) is 2.91. The molecule has 2 aromatic carbocycles. The second kappa shape index (κ2) is 6.10. The van der Waals surface area contributed by atoms with Crippen LogP contribution in [0.5, 0.6) is 11.5 Å². The highest BCUT2D eigenvalue weighted by Gasteiger charge is 2.17. The molecule has 0 saturated heterocycles. The highest BCUT2D eigenvalue weighted by atomic mass is 35.5. The normalized spacial score (nSPS) is 12.2. The number of hydrogen-bond acceptors (Lipinski definition) is 6. The largest absolute Gasteiger partial charge is 0.454 e. The lowest BCUT2D eigenvalue weighted by atomic mass is 10.2. The van der Waals surface area contributed by atoms with Crippen LogP contribution in [-0.2, 0) is 0 Å². The molecule has 2 heterocycles. The van der Waals surface area contributed by atoms with Gasteiger partial charge in [-0.2, -0.15) is 0 Å². The van der Waals surface area contributed by atoms with Gasteiger partial charge in [0.1, 0.15) is 5.01 Å². The predicted molar refractivity (Wildman–Crippen MR) is 90.9 cm³/mol. The molecule has 1 aliphatic rings. The third-order valence-corrected chi connectivity index (χ3v) is 4.51. The van der Waals surface area contributed by atoms with Crippen LogP contribution in [-0.4, -0.2) is 22.9 Å². The Morgan fingerprint density at radius 1 is 1.08 bits per heavy atom. The van der Waals surface area contributed by atoms with Crippen molar-refractivity contribution in [3.05, 3.63) is 53.1 Å². The summed E-state index contributed by atoms with van der Waals surface area (Å²) in [6.45, 7) is 0.168. The van der Waals surface area contributed by atoms with E-state index in [9.17, 15) is 4.79 Å². The molecule has 1 N–H and O–H groups in total. The molecule has 0 fully saturated rings. The smallest absolute Gasteiger partial charge is 0.257 e. The summed E-state index contributed by atoms with van der Waals surface area (Å²) in [7, 11) is 0. The van der Waals surface area contributed by atoms with Crippen molar-refractivity contribution in [1.29, 1.82) is 0 Å². The Kier molecular flexibility index (Phi) is 3.79. The number of carbonyl (C=O) groups is 1. The lowest BCUT2D eigenvalue weighted by Gasteiger charge is -2.02. The number of anilines is 1. The summed E-state index contributed by atoms with van der Waals surface area (Å²) in [5.74, 6) is 0.904. The van der Waals surface area contributed by atoms with Gasteiger partial charge in [0.05, 0.1) is 0 Å². The zero-order valence-electron chi connectivity index (χ0n) is 12.2. The Hall–Kier alpha value is -2.64. The molecule has 1 aliphatic heterocycles. The Morgan fingerprint density at radius 2 is 1.88 bits per heavy atom. The maximum Gasteiger partial charge on any atom is 0.257 e.